The van der Waals surface area contributed by atoms with Gasteiger partial charge in [-0.2, -0.15) is 0 Å². The molecule has 4 rings (SSSR count). The fourth-order valence-electron chi connectivity index (χ4n) is 5.02. The summed E-state index contributed by atoms with van der Waals surface area (Å²) in [5.74, 6) is 0.0786. The number of nitrogens with one attached hydrogen (secondary N) is 1. The third-order valence-electron chi connectivity index (χ3n) is 6.79. The summed E-state index contributed by atoms with van der Waals surface area (Å²) < 4.78 is 18.2. The molecule has 178 valence electrons. The van der Waals surface area contributed by atoms with Crippen molar-refractivity contribution in [3.63, 3.8) is 0 Å². The van der Waals surface area contributed by atoms with Crippen molar-refractivity contribution in [3.8, 4) is 11.5 Å². The van der Waals surface area contributed by atoms with E-state index in [4.69, 9.17) is 14.2 Å². The van der Waals surface area contributed by atoms with Crippen LogP contribution >= 0.6 is 0 Å². The molecule has 1 fully saturated rings. The third kappa shape index (κ3) is 4.43. The Kier molecular flexibility index (Phi) is 6.91. The van der Waals surface area contributed by atoms with Crippen molar-refractivity contribution in [2.45, 2.75) is 69.9 Å². The highest BCUT2D eigenvalue weighted by molar-refractivity contribution is 6.01. The predicted molar refractivity (Wildman–Crippen MR) is 124 cm³/mol. The van der Waals surface area contributed by atoms with Crippen LogP contribution in [0.4, 0.5) is 0 Å². The molecule has 0 saturated heterocycles. The number of carbonyl (C=O) groups excluding carboxylic acids is 2. The lowest BCUT2D eigenvalue weighted by atomic mass is 9.89. The molecule has 8 nitrogen and oxygen atoms in total. The molecule has 1 saturated carbocycles. The van der Waals surface area contributed by atoms with Crippen molar-refractivity contribution in [2.24, 2.45) is 0 Å². The number of benzene rings is 1. The van der Waals surface area contributed by atoms with Crippen molar-refractivity contribution in [1.29, 1.82) is 0 Å². The summed E-state index contributed by atoms with van der Waals surface area (Å²) in [5, 5.41) is 3.62. The molecule has 0 unspecified atom stereocenters. The molecule has 1 aliphatic heterocycles. The van der Waals surface area contributed by atoms with Gasteiger partial charge in [0.1, 0.15) is 11.1 Å². The van der Waals surface area contributed by atoms with Gasteiger partial charge in [-0.3, -0.25) is 9.59 Å². The van der Waals surface area contributed by atoms with Gasteiger partial charge in [0.2, 0.25) is 0 Å². The van der Waals surface area contributed by atoms with E-state index < -0.39 is 23.0 Å². The quantitative estimate of drug-likeness (QED) is 0.558. The maximum absolute atomic E-state index is 13.6. The Morgan fingerprint density at radius 2 is 1.76 bits per heavy atom. The van der Waals surface area contributed by atoms with E-state index in [9.17, 15) is 14.4 Å². The summed E-state index contributed by atoms with van der Waals surface area (Å²) in [7, 11) is 2.90. The van der Waals surface area contributed by atoms with E-state index in [1.165, 1.54) is 7.11 Å². The highest BCUT2D eigenvalue weighted by Crippen LogP contribution is 2.36. The van der Waals surface area contributed by atoms with Crippen LogP contribution < -0.4 is 20.3 Å². The average molecular weight is 457 g/mol. The summed E-state index contributed by atoms with van der Waals surface area (Å²) in [6.45, 7) is 1.01. The molecular formula is C25H32N2O6. The molecule has 0 atom stereocenters. The second kappa shape index (κ2) is 9.85. The molecule has 8 heteroatoms. The molecule has 1 aromatic carbocycles. The minimum Gasteiger partial charge on any atom is -0.493 e. The first-order valence-corrected chi connectivity index (χ1v) is 11.8. The normalized spacial score (nSPS) is 18.1. The van der Waals surface area contributed by atoms with Gasteiger partial charge in [-0.15, -0.1) is 0 Å². The Bertz CT molecular complexity index is 1100. The predicted octanol–water partition coefficient (Wildman–Crippen LogP) is 3.57. The van der Waals surface area contributed by atoms with Crippen LogP contribution in [0, 0.1) is 0 Å². The molecule has 0 bridgehead atoms. The smallest absolute Gasteiger partial charge is 0.331 e. The molecule has 0 radical (unpaired) electrons. The number of carbonyl (C=O) groups is 2. The third-order valence-corrected chi connectivity index (χ3v) is 6.79. The summed E-state index contributed by atoms with van der Waals surface area (Å²) in [6, 6.07) is 5.20. The molecular weight excluding hydrogens is 424 g/mol. The number of esters is 1. The van der Waals surface area contributed by atoms with E-state index in [1.807, 2.05) is 6.07 Å². The number of amides is 1. The largest absolute Gasteiger partial charge is 0.493 e. The lowest BCUT2D eigenvalue weighted by Crippen LogP contribution is -2.55. The van der Waals surface area contributed by atoms with Gasteiger partial charge in [0.05, 0.1) is 26.3 Å². The summed E-state index contributed by atoms with van der Waals surface area (Å²) >= 11 is 0. The molecule has 1 aromatic heterocycles. The lowest BCUT2D eigenvalue weighted by Gasteiger charge is -2.31. The van der Waals surface area contributed by atoms with Crippen LogP contribution in [0.25, 0.3) is 10.9 Å². The number of aryl methyl sites for hydroxylation is 1. The van der Waals surface area contributed by atoms with Crippen LogP contribution in [0.1, 0.15) is 68.1 Å². The van der Waals surface area contributed by atoms with Crippen molar-refractivity contribution in [1.82, 2.24) is 9.88 Å². The Labute approximate surface area is 193 Å². The lowest BCUT2D eigenvalue weighted by molar-refractivity contribution is -0.148. The standard InChI is InChI=1S/C25H32N2O6/c1-31-19-11-10-17-16-18(23(29)27-14-8-5-9-15-33-21(19)20(17)27)22(28)26-25(24(30)32-2)12-6-3-4-7-13-25/h10-11,16H,3-9,12-15H2,1-2H3,(H,26,28). The summed E-state index contributed by atoms with van der Waals surface area (Å²) in [4.78, 5) is 39.7. The van der Waals surface area contributed by atoms with Gasteiger partial charge in [-0.05, 0) is 50.3 Å². The highest BCUT2D eigenvalue weighted by atomic mass is 16.5. The number of aromatic nitrogens is 1. The van der Waals surface area contributed by atoms with E-state index in [2.05, 4.69) is 5.32 Å². The second-order valence-corrected chi connectivity index (χ2v) is 8.90. The van der Waals surface area contributed by atoms with Crippen LogP contribution in [0.2, 0.25) is 0 Å². The van der Waals surface area contributed by atoms with Crippen LogP contribution in [-0.4, -0.2) is 42.8 Å². The molecule has 2 aliphatic rings. The van der Waals surface area contributed by atoms with Gasteiger partial charge in [-0.25, -0.2) is 4.79 Å². The first-order chi connectivity index (χ1) is 16.0. The van der Waals surface area contributed by atoms with E-state index in [0.717, 1.165) is 44.9 Å². The van der Waals surface area contributed by atoms with Gasteiger partial charge >= 0.3 is 5.97 Å². The van der Waals surface area contributed by atoms with E-state index >= 15 is 0 Å². The Morgan fingerprint density at radius 3 is 2.45 bits per heavy atom. The monoisotopic (exact) mass is 456 g/mol. The molecule has 2 heterocycles. The molecule has 1 amide bonds. The van der Waals surface area contributed by atoms with Crippen LogP contribution in [0.15, 0.2) is 23.0 Å². The number of pyridine rings is 1. The van der Waals surface area contributed by atoms with E-state index in [0.29, 0.717) is 48.4 Å². The Balaban J connectivity index is 1.81. The molecule has 0 spiro atoms. The van der Waals surface area contributed by atoms with Gasteiger partial charge in [0, 0.05) is 11.9 Å². The number of hydrogen-bond acceptors (Lipinski definition) is 6. The zero-order valence-electron chi connectivity index (χ0n) is 19.4. The maximum atomic E-state index is 13.6. The van der Waals surface area contributed by atoms with E-state index in [-0.39, 0.29) is 5.56 Å². The van der Waals surface area contributed by atoms with Gasteiger partial charge in [0.15, 0.2) is 11.5 Å². The van der Waals surface area contributed by atoms with E-state index in [1.54, 1.807) is 23.8 Å². The number of rotatable bonds is 4. The summed E-state index contributed by atoms with van der Waals surface area (Å²) in [6.07, 6.45) is 7.22. The SMILES string of the molecule is COC(=O)C1(NC(=O)c2cc3ccc(OC)c4c3n(c2=O)CCCCCO4)CCCCCC1. The first-order valence-electron chi connectivity index (χ1n) is 11.8. The first kappa shape index (κ1) is 23.1. The average Bonchev–Trinajstić information content (AvgIpc) is 3.00. The number of methoxy groups -OCH3 is 2. The van der Waals surface area contributed by atoms with Crippen LogP contribution in [-0.2, 0) is 16.1 Å². The zero-order chi connectivity index (χ0) is 23.4. The minimum absolute atomic E-state index is 0.0189. The van der Waals surface area contributed by atoms with Crippen molar-refractivity contribution < 1.29 is 23.8 Å². The van der Waals surface area contributed by atoms with Crippen LogP contribution in [0.5, 0.6) is 11.5 Å². The van der Waals surface area contributed by atoms with Crippen molar-refractivity contribution in [2.75, 3.05) is 20.8 Å². The zero-order valence-corrected chi connectivity index (χ0v) is 19.4. The molecule has 1 aliphatic carbocycles. The number of hydrogen-bond donors (Lipinski definition) is 1. The second-order valence-electron chi connectivity index (χ2n) is 8.90. The Morgan fingerprint density at radius 1 is 1.03 bits per heavy atom. The molecule has 33 heavy (non-hydrogen) atoms. The molecule has 1 N–H and O–H groups in total. The van der Waals surface area contributed by atoms with Crippen molar-refractivity contribution >= 4 is 22.8 Å². The minimum atomic E-state index is -1.11. The van der Waals surface area contributed by atoms with Gasteiger partial charge in [0.25, 0.3) is 11.5 Å². The topological polar surface area (TPSA) is 95.9 Å². The van der Waals surface area contributed by atoms with Crippen LogP contribution in [0.3, 0.4) is 0 Å². The fourth-order valence-corrected chi connectivity index (χ4v) is 5.02. The van der Waals surface area contributed by atoms with Gasteiger partial charge in [-0.1, -0.05) is 25.7 Å². The Hall–Kier alpha value is -3.03. The van der Waals surface area contributed by atoms with Gasteiger partial charge < -0.3 is 24.1 Å². The highest BCUT2D eigenvalue weighted by Gasteiger charge is 2.41. The molecule has 2 aromatic rings. The number of ether oxygens (including phenoxy) is 3. The number of nitrogens with zero attached hydrogens (tertiary/aromatic N) is 1. The fraction of sp³-hybridized carbons (Fsp3) is 0.560. The summed E-state index contributed by atoms with van der Waals surface area (Å²) in [5.41, 5.74) is -0.847. The maximum Gasteiger partial charge on any atom is 0.331 e. The van der Waals surface area contributed by atoms with Crippen molar-refractivity contribution in [3.05, 3.63) is 34.1 Å².